The van der Waals surface area contributed by atoms with E-state index < -0.39 is 17.5 Å². The Morgan fingerprint density at radius 3 is 2.64 bits per heavy atom. The fourth-order valence-corrected chi connectivity index (χ4v) is 4.04. The van der Waals surface area contributed by atoms with Gasteiger partial charge in [-0.2, -0.15) is 5.10 Å². The summed E-state index contributed by atoms with van der Waals surface area (Å²) in [5.41, 5.74) is 0.995. The minimum Gasteiger partial charge on any atom is -0.323 e. The van der Waals surface area contributed by atoms with E-state index in [1.165, 1.54) is 4.57 Å². The van der Waals surface area contributed by atoms with Gasteiger partial charge in [-0.05, 0) is 36.8 Å². The first-order valence-electron chi connectivity index (χ1n) is 9.94. The standard InChI is InChI=1S/C22H18ClF2N5O2S/c1-2-29-11-18-20(28-29)21(32)30(10-13-3-5-14(23)6-4-13)22(27-18)33-12-19(31)26-17-8-7-15(24)9-16(17)25/h3-9,11H,2,10,12H2,1H3,(H,26,31). The van der Waals surface area contributed by atoms with Crippen molar-refractivity contribution in [2.75, 3.05) is 11.1 Å². The number of aromatic nitrogens is 4. The molecule has 7 nitrogen and oxygen atoms in total. The van der Waals surface area contributed by atoms with Crippen LogP contribution in [0.25, 0.3) is 11.0 Å². The number of halogens is 3. The lowest BCUT2D eigenvalue weighted by Gasteiger charge is -2.12. The second kappa shape index (κ2) is 9.72. The van der Waals surface area contributed by atoms with Gasteiger partial charge in [-0.25, -0.2) is 13.8 Å². The lowest BCUT2D eigenvalue weighted by Crippen LogP contribution is -2.25. The maximum atomic E-state index is 13.8. The predicted octanol–water partition coefficient (Wildman–Crippen LogP) is 4.32. The molecule has 0 bridgehead atoms. The van der Waals surface area contributed by atoms with Crippen molar-refractivity contribution in [3.05, 3.63) is 81.2 Å². The van der Waals surface area contributed by atoms with Gasteiger partial charge in [0.15, 0.2) is 10.7 Å². The van der Waals surface area contributed by atoms with Crippen LogP contribution in [0.4, 0.5) is 14.5 Å². The highest BCUT2D eigenvalue weighted by molar-refractivity contribution is 7.99. The summed E-state index contributed by atoms with van der Waals surface area (Å²) in [6.07, 6.45) is 1.67. The highest BCUT2D eigenvalue weighted by atomic mass is 35.5. The summed E-state index contributed by atoms with van der Waals surface area (Å²) in [4.78, 5) is 30.1. The van der Waals surface area contributed by atoms with Crippen LogP contribution in [0, 0.1) is 11.6 Å². The van der Waals surface area contributed by atoms with Crippen LogP contribution in [-0.2, 0) is 17.9 Å². The summed E-state index contributed by atoms with van der Waals surface area (Å²) in [7, 11) is 0. The smallest absolute Gasteiger partial charge is 0.282 e. The lowest BCUT2D eigenvalue weighted by molar-refractivity contribution is -0.113. The van der Waals surface area contributed by atoms with Crippen LogP contribution in [0.2, 0.25) is 5.02 Å². The van der Waals surface area contributed by atoms with Crippen LogP contribution in [0.1, 0.15) is 12.5 Å². The summed E-state index contributed by atoms with van der Waals surface area (Å²) in [6.45, 7) is 2.67. The van der Waals surface area contributed by atoms with Gasteiger partial charge in [-0.1, -0.05) is 35.5 Å². The van der Waals surface area contributed by atoms with Gasteiger partial charge in [0.2, 0.25) is 5.91 Å². The van der Waals surface area contributed by atoms with Crippen molar-refractivity contribution in [3.63, 3.8) is 0 Å². The number of nitrogens with zero attached hydrogens (tertiary/aromatic N) is 4. The van der Waals surface area contributed by atoms with Crippen LogP contribution < -0.4 is 10.9 Å². The Hall–Kier alpha value is -3.24. The fourth-order valence-electron chi connectivity index (χ4n) is 3.11. The van der Waals surface area contributed by atoms with E-state index in [1.807, 2.05) is 6.92 Å². The SMILES string of the molecule is CCn1cc2nc(SCC(=O)Nc3ccc(F)cc3F)n(Cc3ccc(Cl)cc3)c(=O)c2n1. The molecule has 2 aromatic carbocycles. The molecule has 2 aromatic heterocycles. The van der Waals surface area contributed by atoms with Crippen molar-refractivity contribution >= 4 is 46.0 Å². The number of hydrogen-bond donors (Lipinski definition) is 1. The highest BCUT2D eigenvalue weighted by Crippen LogP contribution is 2.21. The van der Waals surface area contributed by atoms with Gasteiger partial charge in [-0.15, -0.1) is 0 Å². The number of benzene rings is 2. The van der Waals surface area contributed by atoms with Gasteiger partial charge in [0, 0.05) is 17.6 Å². The Bertz CT molecular complexity index is 1390. The molecule has 1 N–H and O–H groups in total. The van der Waals surface area contributed by atoms with E-state index in [0.717, 1.165) is 29.5 Å². The van der Waals surface area contributed by atoms with Gasteiger partial charge < -0.3 is 5.32 Å². The Labute approximate surface area is 196 Å². The number of thioether (sulfide) groups is 1. The average molecular weight is 490 g/mol. The van der Waals surface area contributed by atoms with Crippen molar-refractivity contribution in [2.24, 2.45) is 0 Å². The third kappa shape index (κ3) is 5.23. The Morgan fingerprint density at radius 2 is 1.94 bits per heavy atom. The number of carbonyl (C=O) groups is 1. The molecule has 0 saturated heterocycles. The molecule has 0 aliphatic heterocycles. The van der Waals surface area contributed by atoms with Crippen LogP contribution in [-0.4, -0.2) is 31.0 Å². The van der Waals surface area contributed by atoms with E-state index in [-0.39, 0.29) is 29.1 Å². The van der Waals surface area contributed by atoms with Gasteiger partial charge in [-0.3, -0.25) is 18.8 Å². The van der Waals surface area contributed by atoms with Crippen LogP contribution >= 0.6 is 23.4 Å². The van der Waals surface area contributed by atoms with E-state index in [0.29, 0.717) is 28.3 Å². The first-order chi connectivity index (χ1) is 15.8. The number of amides is 1. The second-order valence-electron chi connectivity index (χ2n) is 7.09. The normalized spacial score (nSPS) is 11.2. The molecule has 11 heteroatoms. The van der Waals surface area contributed by atoms with Gasteiger partial charge in [0.25, 0.3) is 5.56 Å². The molecular weight excluding hydrogens is 472 g/mol. The number of aryl methyl sites for hydroxylation is 1. The van der Waals surface area contributed by atoms with Crippen molar-refractivity contribution in [1.82, 2.24) is 19.3 Å². The molecule has 0 unspecified atom stereocenters. The third-order valence-electron chi connectivity index (χ3n) is 4.75. The maximum absolute atomic E-state index is 13.8. The van der Waals surface area contributed by atoms with Crippen molar-refractivity contribution < 1.29 is 13.6 Å². The van der Waals surface area contributed by atoms with Gasteiger partial charge >= 0.3 is 0 Å². The maximum Gasteiger partial charge on any atom is 0.282 e. The zero-order valence-corrected chi connectivity index (χ0v) is 19.0. The van der Waals surface area contributed by atoms with Crippen LogP contribution in [0.15, 0.2) is 58.6 Å². The van der Waals surface area contributed by atoms with Crippen LogP contribution in [0.3, 0.4) is 0 Å². The number of anilines is 1. The second-order valence-corrected chi connectivity index (χ2v) is 8.47. The molecule has 0 saturated carbocycles. The van der Waals surface area contributed by atoms with Crippen molar-refractivity contribution in [3.8, 4) is 0 Å². The lowest BCUT2D eigenvalue weighted by atomic mass is 10.2. The highest BCUT2D eigenvalue weighted by Gasteiger charge is 2.17. The third-order valence-corrected chi connectivity index (χ3v) is 5.98. The van der Waals surface area contributed by atoms with Gasteiger partial charge in [0.1, 0.15) is 17.2 Å². The van der Waals surface area contributed by atoms with Crippen molar-refractivity contribution in [1.29, 1.82) is 0 Å². The molecule has 0 aliphatic carbocycles. The minimum absolute atomic E-state index is 0.131. The number of fused-ring (bicyclic) bond motifs is 1. The van der Waals surface area contributed by atoms with E-state index in [9.17, 15) is 18.4 Å². The Balaban J connectivity index is 1.62. The molecule has 0 fully saturated rings. The summed E-state index contributed by atoms with van der Waals surface area (Å²) in [5.74, 6) is -2.28. The minimum atomic E-state index is -0.875. The molecule has 170 valence electrons. The molecule has 0 aliphatic rings. The quantitative estimate of drug-likeness (QED) is 0.309. The van der Waals surface area contributed by atoms with Gasteiger partial charge in [0.05, 0.1) is 24.2 Å². The van der Waals surface area contributed by atoms with Crippen molar-refractivity contribution in [2.45, 2.75) is 25.2 Å². The zero-order chi connectivity index (χ0) is 23.5. The first kappa shape index (κ1) is 22.9. The number of hydrogen-bond acceptors (Lipinski definition) is 5. The first-order valence-corrected chi connectivity index (χ1v) is 11.3. The van der Waals surface area contributed by atoms with E-state index >= 15 is 0 Å². The zero-order valence-electron chi connectivity index (χ0n) is 17.4. The summed E-state index contributed by atoms with van der Waals surface area (Å²) >= 11 is 6.99. The molecule has 0 spiro atoms. The topological polar surface area (TPSA) is 81.8 Å². The molecule has 4 rings (SSSR count). The van der Waals surface area contributed by atoms with E-state index in [4.69, 9.17) is 11.6 Å². The molecule has 2 heterocycles. The van der Waals surface area contributed by atoms with E-state index in [2.05, 4.69) is 15.4 Å². The number of nitrogens with one attached hydrogen (secondary N) is 1. The predicted molar refractivity (Wildman–Crippen MR) is 124 cm³/mol. The Kier molecular flexibility index (Phi) is 6.75. The average Bonchev–Trinajstić information content (AvgIpc) is 3.21. The van der Waals surface area contributed by atoms with Crippen LogP contribution in [0.5, 0.6) is 0 Å². The fraction of sp³-hybridized carbons (Fsp3) is 0.182. The van der Waals surface area contributed by atoms with E-state index in [1.54, 1.807) is 35.1 Å². The molecule has 4 aromatic rings. The monoisotopic (exact) mass is 489 g/mol. The molecular formula is C22H18ClF2N5O2S. The summed E-state index contributed by atoms with van der Waals surface area (Å²) in [6, 6.07) is 9.91. The molecule has 0 atom stereocenters. The molecule has 0 radical (unpaired) electrons. The summed E-state index contributed by atoms with van der Waals surface area (Å²) < 4.78 is 30.0. The number of rotatable bonds is 7. The largest absolute Gasteiger partial charge is 0.323 e. The number of carbonyl (C=O) groups excluding carboxylic acids is 1. The summed E-state index contributed by atoms with van der Waals surface area (Å²) in [5, 5.41) is 7.58. The molecule has 1 amide bonds. The molecule has 33 heavy (non-hydrogen) atoms. The Morgan fingerprint density at radius 1 is 1.18 bits per heavy atom.